The molecule has 0 saturated carbocycles. The maximum absolute atomic E-state index is 4.37. The van der Waals surface area contributed by atoms with Crippen LogP contribution < -0.4 is 0 Å². The van der Waals surface area contributed by atoms with Crippen LogP contribution in [-0.2, 0) is 0 Å². The van der Waals surface area contributed by atoms with Crippen molar-refractivity contribution >= 4 is 32.3 Å². The molecule has 0 bridgehead atoms. The van der Waals surface area contributed by atoms with Crippen molar-refractivity contribution in [2.24, 2.45) is 0 Å². The molecule has 0 atom stereocenters. The van der Waals surface area contributed by atoms with Crippen LogP contribution in [0.2, 0.25) is 0 Å². The molecule has 0 aliphatic carbocycles. The van der Waals surface area contributed by atoms with Crippen molar-refractivity contribution in [3.8, 4) is 77.9 Å². The Kier molecular flexibility index (Phi) is 8.87. The Morgan fingerprint density at radius 1 is 0.183 bits per heavy atom. The van der Waals surface area contributed by atoms with Crippen LogP contribution in [0.3, 0.4) is 0 Å². The van der Waals surface area contributed by atoms with Crippen LogP contribution in [0.25, 0.3) is 110 Å². The predicted octanol–water partition coefficient (Wildman–Crippen LogP) is 15.6. The highest BCUT2D eigenvalue weighted by molar-refractivity contribution is 6.25. The number of pyridine rings is 2. The number of rotatable bonds is 7. The molecule has 280 valence electrons. The van der Waals surface area contributed by atoms with Gasteiger partial charge in [0.25, 0.3) is 0 Å². The number of benzene rings is 9. The normalized spacial score (nSPS) is 11.3. The van der Waals surface area contributed by atoms with Gasteiger partial charge in [-0.3, -0.25) is 9.97 Å². The molecular formula is C58H38N2. The lowest BCUT2D eigenvalue weighted by atomic mass is 9.89. The van der Waals surface area contributed by atoms with Crippen LogP contribution in [0.4, 0.5) is 0 Å². The second kappa shape index (κ2) is 15.1. The molecule has 0 unspecified atom stereocenters. The molecule has 11 aromatic rings. The summed E-state index contributed by atoms with van der Waals surface area (Å²) in [6.45, 7) is 0. The number of aromatic nitrogens is 2. The van der Waals surface area contributed by atoms with E-state index in [0.29, 0.717) is 0 Å². The Hall–Kier alpha value is -7.94. The fourth-order valence-electron chi connectivity index (χ4n) is 8.80. The van der Waals surface area contributed by atoms with E-state index in [1.807, 2.05) is 36.9 Å². The van der Waals surface area contributed by atoms with E-state index in [4.69, 9.17) is 0 Å². The van der Waals surface area contributed by atoms with Crippen molar-refractivity contribution < 1.29 is 0 Å². The smallest absolute Gasteiger partial charge is 0.0346 e. The highest BCUT2D eigenvalue weighted by Crippen LogP contribution is 2.40. The van der Waals surface area contributed by atoms with Crippen molar-refractivity contribution in [3.63, 3.8) is 0 Å². The maximum Gasteiger partial charge on any atom is 0.0346 e. The van der Waals surface area contributed by atoms with E-state index in [1.165, 1.54) is 88.0 Å². The van der Waals surface area contributed by atoms with E-state index >= 15 is 0 Å². The van der Waals surface area contributed by atoms with E-state index in [0.717, 1.165) is 22.3 Å². The SMILES string of the molecule is c1cncc(-c2cccc(-c3cccc(-c4cc(-c5cccc(-c6cccc(-c7cccnc7)c6)c5)cc(-c5ccc6c7ccccc7c7ccccc7c6c5)c4)c3)c2)c1. The van der Waals surface area contributed by atoms with Gasteiger partial charge in [-0.1, -0.05) is 146 Å². The second-order valence-corrected chi connectivity index (χ2v) is 15.5. The highest BCUT2D eigenvalue weighted by Gasteiger charge is 2.14. The fourth-order valence-corrected chi connectivity index (χ4v) is 8.80. The lowest BCUT2D eigenvalue weighted by Gasteiger charge is -2.15. The van der Waals surface area contributed by atoms with E-state index < -0.39 is 0 Å². The molecule has 2 nitrogen and oxygen atoms in total. The summed E-state index contributed by atoms with van der Waals surface area (Å²) < 4.78 is 0. The molecule has 2 aromatic heterocycles. The van der Waals surface area contributed by atoms with E-state index in [2.05, 4.69) is 204 Å². The highest BCUT2D eigenvalue weighted by atomic mass is 14.6. The van der Waals surface area contributed by atoms with Gasteiger partial charge in [0.2, 0.25) is 0 Å². The largest absolute Gasteiger partial charge is 0.264 e. The molecule has 0 saturated heterocycles. The summed E-state index contributed by atoms with van der Waals surface area (Å²) in [6.07, 6.45) is 7.48. The molecule has 9 aromatic carbocycles. The van der Waals surface area contributed by atoms with Crippen molar-refractivity contribution in [2.45, 2.75) is 0 Å². The third-order valence-corrected chi connectivity index (χ3v) is 11.8. The van der Waals surface area contributed by atoms with E-state index in [9.17, 15) is 0 Å². The van der Waals surface area contributed by atoms with Crippen LogP contribution in [0.15, 0.2) is 231 Å². The number of nitrogens with zero attached hydrogens (tertiary/aromatic N) is 2. The van der Waals surface area contributed by atoms with Crippen LogP contribution in [-0.4, -0.2) is 9.97 Å². The molecule has 0 N–H and O–H groups in total. The Labute approximate surface area is 349 Å². The van der Waals surface area contributed by atoms with Gasteiger partial charge in [-0.05, 0) is 160 Å². The van der Waals surface area contributed by atoms with Gasteiger partial charge in [-0.25, -0.2) is 0 Å². The number of hydrogen-bond donors (Lipinski definition) is 0. The third kappa shape index (κ3) is 6.61. The Morgan fingerprint density at radius 2 is 0.467 bits per heavy atom. The predicted molar refractivity (Wildman–Crippen MR) is 253 cm³/mol. The van der Waals surface area contributed by atoms with Gasteiger partial charge in [-0.15, -0.1) is 0 Å². The fraction of sp³-hybridized carbons (Fsp3) is 0. The zero-order valence-corrected chi connectivity index (χ0v) is 32.8. The molecule has 2 heteroatoms. The van der Waals surface area contributed by atoms with Gasteiger partial charge in [0.1, 0.15) is 0 Å². The van der Waals surface area contributed by atoms with Gasteiger partial charge in [-0.2, -0.15) is 0 Å². The second-order valence-electron chi connectivity index (χ2n) is 15.5. The van der Waals surface area contributed by atoms with Gasteiger partial charge in [0.05, 0.1) is 0 Å². The number of fused-ring (bicyclic) bond motifs is 6. The van der Waals surface area contributed by atoms with Crippen LogP contribution >= 0.6 is 0 Å². The Morgan fingerprint density at radius 3 is 0.833 bits per heavy atom. The van der Waals surface area contributed by atoms with E-state index in [-0.39, 0.29) is 0 Å². The molecule has 0 aliphatic rings. The summed E-state index contributed by atoms with van der Waals surface area (Å²) in [6, 6.07) is 75.2. The molecular weight excluding hydrogens is 725 g/mol. The maximum atomic E-state index is 4.37. The average molecular weight is 763 g/mol. The molecule has 0 amide bonds. The minimum atomic E-state index is 1.11. The molecule has 0 fully saturated rings. The van der Waals surface area contributed by atoms with E-state index in [1.54, 1.807) is 0 Å². The van der Waals surface area contributed by atoms with Gasteiger partial charge in [0.15, 0.2) is 0 Å². The number of hydrogen-bond acceptors (Lipinski definition) is 2. The van der Waals surface area contributed by atoms with Crippen LogP contribution in [0.5, 0.6) is 0 Å². The van der Waals surface area contributed by atoms with Gasteiger partial charge in [0, 0.05) is 35.9 Å². The topological polar surface area (TPSA) is 25.8 Å². The Balaban J connectivity index is 1.07. The molecule has 0 spiro atoms. The van der Waals surface area contributed by atoms with Crippen LogP contribution in [0.1, 0.15) is 0 Å². The zero-order chi connectivity index (χ0) is 39.8. The summed E-state index contributed by atoms with van der Waals surface area (Å²) in [5.41, 5.74) is 16.2. The summed E-state index contributed by atoms with van der Waals surface area (Å²) >= 11 is 0. The molecule has 11 rings (SSSR count). The summed E-state index contributed by atoms with van der Waals surface area (Å²) in [4.78, 5) is 8.73. The molecule has 60 heavy (non-hydrogen) atoms. The molecule has 0 aliphatic heterocycles. The third-order valence-electron chi connectivity index (χ3n) is 11.8. The minimum absolute atomic E-state index is 1.11. The van der Waals surface area contributed by atoms with Crippen LogP contribution in [0, 0.1) is 0 Å². The van der Waals surface area contributed by atoms with Crippen molar-refractivity contribution in [3.05, 3.63) is 231 Å². The zero-order valence-electron chi connectivity index (χ0n) is 32.8. The quantitative estimate of drug-likeness (QED) is 0.151. The molecule has 0 radical (unpaired) electrons. The first-order valence-electron chi connectivity index (χ1n) is 20.4. The minimum Gasteiger partial charge on any atom is -0.264 e. The van der Waals surface area contributed by atoms with Crippen molar-refractivity contribution in [1.82, 2.24) is 9.97 Å². The first kappa shape index (κ1) is 35.2. The Bertz CT molecular complexity index is 3190. The van der Waals surface area contributed by atoms with Crippen molar-refractivity contribution in [1.29, 1.82) is 0 Å². The first-order chi connectivity index (χ1) is 29.7. The summed E-state index contributed by atoms with van der Waals surface area (Å²) in [5.74, 6) is 0. The average Bonchev–Trinajstić information content (AvgIpc) is 3.34. The lowest BCUT2D eigenvalue weighted by Crippen LogP contribution is -1.89. The lowest BCUT2D eigenvalue weighted by molar-refractivity contribution is 1.33. The summed E-state index contributed by atoms with van der Waals surface area (Å²) in [5, 5.41) is 7.65. The standard InChI is InChI=1S/C58H38N2/c1-2-23-55-53(21-1)54-22-3-4-24-56(54)58-36-47(25-26-57(55)58)52-34-50(45-17-7-13-41(31-45)39-11-5-15-43(29-39)48-19-9-27-59-37-48)33-51(35-52)46-18-8-14-42(32-46)40-12-6-16-44(30-40)49-20-10-28-60-38-49/h1-38H. The summed E-state index contributed by atoms with van der Waals surface area (Å²) in [7, 11) is 0. The van der Waals surface area contributed by atoms with Gasteiger partial charge < -0.3 is 0 Å². The van der Waals surface area contributed by atoms with Gasteiger partial charge >= 0.3 is 0 Å². The first-order valence-corrected chi connectivity index (χ1v) is 20.4. The molecule has 2 heterocycles. The van der Waals surface area contributed by atoms with Crippen molar-refractivity contribution in [2.75, 3.05) is 0 Å². The monoisotopic (exact) mass is 762 g/mol.